The Kier molecular flexibility index (Phi) is 5.69. The zero-order valence-electron chi connectivity index (χ0n) is 9.53. The zero-order chi connectivity index (χ0) is 12.7. The molecule has 0 atom stereocenters. The molecule has 5 heteroatoms. The van der Waals surface area contributed by atoms with Crippen LogP contribution in [0.4, 0.5) is 0 Å². The predicted octanol–water partition coefficient (Wildman–Crippen LogP) is 1.87. The van der Waals surface area contributed by atoms with E-state index in [-0.39, 0.29) is 12.5 Å². The van der Waals surface area contributed by atoms with Crippen molar-refractivity contribution >= 4 is 27.8 Å². The molecular formula is C12H14BrNO3. The minimum Gasteiger partial charge on any atom is -0.465 e. The van der Waals surface area contributed by atoms with Crippen molar-refractivity contribution in [1.29, 1.82) is 0 Å². The number of benzene rings is 1. The van der Waals surface area contributed by atoms with Crippen molar-refractivity contribution in [1.82, 2.24) is 5.32 Å². The highest BCUT2D eigenvalue weighted by molar-refractivity contribution is 9.08. The molecule has 1 rings (SSSR count). The molecule has 0 radical (unpaired) electrons. The molecule has 0 bridgehead atoms. The van der Waals surface area contributed by atoms with E-state index in [0.717, 1.165) is 5.56 Å². The van der Waals surface area contributed by atoms with Crippen LogP contribution in [-0.4, -0.2) is 25.0 Å². The summed E-state index contributed by atoms with van der Waals surface area (Å²) in [5, 5.41) is 3.19. The maximum absolute atomic E-state index is 11.7. The maximum Gasteiger partial charge on any atom is 0.325 e. The lowest BCUT2D eigenvalue weighted by atomic mass is 10.1. The van der Waals surface area contributed by atoms with Gasteiger partial charge in [0.2, 0.25) is 0 Å². The number of carbonyl (C=O) groups excluding carboxylic acids is 2. The number of rotatable bonds is 5. The normalized spacial score (nSPS) is 9.76. The summed E-state index contributed by atoms with van der Waals surface area (Å²) in [7, 11) is 0. The molecule has 0 spiro atoms. The van der Waals surface area contributed by atoms with Gasteiger partial charge in [-0.05, 0) is 24.6 Å². The van der Waals surface area contributed by atoms with E-state index in [9.17, 15) is 9.59 Å². The number of hydrogen-bond acceptors (Lipinski definition) is 3. The molecule has 0 aliphatic rings. The lowest BCUT2D eigenvalue weighted by molar-refractivity contribution is -0.141. The molecule has 1 N–H and O–H groups in total. The summed E-state index contributed by atoms with van der Waals surface area (Å²) in [4.78, 5) is 22.7. The Morgan fingerprint density at radius 3 is 2.82 bits per heavy atom. The number of hydrogen-bond donors (Lipinski definition) is 1. The monoisotopic (exact) mass is 299 g/mol. The van der Waals surface area contributed by atoms with Gasteiger partial charge in [0.1, 0.15) is 6.54 Å². The van der Waals surface area contributed by atoms with E-state index >= 15 is 0 Å². The summed E-state index contributed by atoms with van der Waals surface area (Å²) in [6.45, 7) is 1.93. The van der Waals surface area contributed by atoms with E-state index < -0.39 is 5.97 Å². The molecule has 0 aromatic heterocycles. The fraction of sp³-hybridized carbons (Fsp3) is 0.333. The van der Waals surface area contributed by atoms with Crippen LogP contribution in [0.2, 0.25) is 0 Å². The van der Waals surface area contributed by atoms with Gasteiger partial charge in [-0.3, -0.25) is 9.59 Å². The number of ether oxygens (including phenoxy) is 1. The second-order valence-corrected chi connectivity index (χ2v) is 3.88. The van der Waals surface area contributed by atoms with E-state index in [0.29, 0.717) is 17.5 Å². The number of alkyl halides is 1. The van der Waals surface area contributed by atoms with E-state index in [1.807, 2.05) is 6.07 Å². The fourth-order valence-electron chi connectivity index (χ4n) is 1.26. The molecule has 1 amide bonds. The summed E-state index contributed by atoms with van der Waals surface area (Å²) in [5.41, 5.74) is 1.54. The van der Waals surface area contributed by atoms with Crippen LogP contribution in [0.3, 0.4) is 0 Å². The van der Waals surface area contributed by atoms with E-state index in [1.54, 1.807) is 25.1 Å². The lowest BCUT2D eigenvalue weighted by Crippen LogP contribution is -2.30. The molecule has 0 unspecified atom stereocenters. The van der Waals surface area contributed by atoms with Crippen LogP contribution in [-0.2, 0) is 14.9 Å². The van der Waals surface area contributed by atoms with E-state index in [1.165, 1.54) is 0 Å². The number of carbonyl (C=O) groups is 2. The largest absolute Gasteiger partial charge is 0.465 e. The van der Waals surface area contributed by atoms with Crippen LogP contribution < -0.4 is 5.32 Å². The molecule has 17 heavy (non-hydrogen) atoms. The second kappa shape index (κ2) is 7.06. The van der Waals surface area contributed by atoms with Crippen LogP contribution >= 0.6 is 15.9 Å². The average Bonchev–Trinajstić information content (AvgIpc) is 2.36. The van der Waals surface area contributed by atoms with E-state index in [2.05, 4.69) is 21.2 Å². The van der Waals surface area contributed by atoms with Gasteiger partial charge in [0, 0.05) is 10.9 Å². The fourth-order valence-corrected chi connectivity index (χ4v) is 1.61. The molecule has 4 nitrogen and oxygen atoms in total. The van der Waals surface area contributed by atoms with Crippen molar-refractivity contribution in [2.45, 2.75) is 12.3 Å². The summed E-state index contributed by atoms with van der Waals surface area (Å²) < 4.78 is 4.71. The molecule has 1 aromatic carbocycles. The first kappa shape index (κ1) is 13.7. The third kappa shape index (κ3) is 4.56. The van der Waals surface area contributed by atoms with Gasteiger partial charge in [-0.25, -0.2) is 0 Å². The van der Waals surface area contributed by atoms with Gasteiger partial charge in [-0.15, -0.1) is 0 Å². The Morgan fingerprint density at radius 2 is 2.18 bits per heavy atom. The Hall–Kier alpha value is -1.36. The first-order chi connectivity index (χ1) is 8.17. The highest BCUT2D eigenvalue weighted by atomic mass is 79.9. The molecule has 0 saturated carbocycles. The third-order valence-corrected chi connectivity index (χ3v) is 2.69. The maximum atomic E-state index is 11.7. The zero-order valence-corrected chi connectivity index (χ0v) is 11.1. The molecule has 92 valence electrons. The molecule has 0 heterocycles. The topological polar surface area (TPSA) is 55.4 Å². The Bertz CT molecular complexity index is 406. The summed E-state index contributed by atoms with van der Waals surface area (Å²) in [6, 6.07) is 7.19. The van der Waals surface area contributed by atoms with Gasteiger partial charge in [-0.2, -0.15) is 0 Å². The highest BCUT2D eigenvalue weighted by Crippen LogP contribution is 2.08. The van der Waals surface area contributed by atoms with Gasteiger partial charge in [0.25, 0.3) is 5.91 Å². The predicted molar refractivity (Wildman–Crippen MR) is 68.0 cm³/mol. The van der Waals surface area contributed by atoms with Crippen molar-refractivity contribution in [3.05, 3.63) is 35.4 Å². The number of halogens is 1. The number of amides is 1. The van der Waals surface area contributed by atoms with Crippen molar-refractivity contribution in [2.24, 2.45) is 0 Å². The molecule has 0 aliphatic carbocycles. The Balaban J connectivity index is 2.54. The lowest BCUT2D eigenvalue weighted by Gasteiger charge is -2.05. The van der Waals surface area contributed by atoms with Crippen molar-refractivity contribution < 1.29 is 14.3 Å². The van der Waals surface area contributed by atoms with Crippen LogP contribution in [0.25, 0.3) is 0 Å². The quantitative estimate of drug-likeness (QED) is 0.667. The van der Waals surface area contributed by atoms with Gasteiger partial charge < -0.3 is 10.1 Å². The van der Waals surface area contributed by atoms with Crippen molar-refractivity contribution in [2.75, 3.05) is 13.2 Å². The van der Waals surface area contributed by atoms with Crippen LogP contribution in [0, 0.1) is 0 Å². The van der Waals surface area contributed by atoms with Crippen molar-refractivity contribution in [3.8, 4) is 0 Å². The molecular weight excluding hydrogens is 286 g/mol. The van der Waals surface area contributed by atoms with Gasteiger partial charge >= 0.3 is 5.97 Å². The average molecular weight is 300 g/mol. The van der Waals surface area contributed by atoms with Gasteiger partial charge in [0.05, 0.1) is 6.61 Å². The highest BCUT2D eigenvalue weighted by Gasteiger charge is 2.08. The Morgan fingerprint density at radius 1 is 1.41 bits per heavy atom. The first-order valence-electron chi connectivity index (χ1n) is 5.26. The van der Waals surface area contributed by atoms with Crippen LogP contribution in [0.15, 0.2) is 24.3 Å². The minimum absolute atomic E-state index is 0.106. The van der Waals surface area contributed by atoms with E-state index in [4.69, 9.17) is 4.74 Å². The molecule has 1 aromatic rings. The third-order valence-electron chi connectivity index (χ3n) is 2.04. The molecule has 0 fully saturated rings. The number of esters is 1. The first-order valence-corrected chi connectivity index (χ1v) is 6.38. The summed E-state index contributed by atoms with van der Waals surface area (Å²) in [5.74, 6) is -0.710. The minimum atomic E-state index is -0.433. The molecule has 0 saturated heterocycles. The second-order valence-electron chi connectivity index (χ2n) is 3.32. The SMILES string of the molecule is CCOC(=O)CNC(=O)c1cccc(CBr)c1. The smallest absolute Gasteiger partial charge is 0.325 e. The van der Waals surface area contributed by atoms with Gasteiger partial charge in [0.15, 0.2) is 0 Å². The van der Waals surface area contributed by atoms with Crippen LogP contribution in [0.1, 0.15) is 22.8 Å². The Labute approximate surface area is 108 Å². The summed E-state index contributed by atoms with van der Waals surface area (Å²) in [6.07, 6.45) is 0. The van der Waals surface area contributed by atoms with Crippen LogP contribution in [0.5, 0.6) is 0 Å². The van der Waals surface area contributed by atoms with Crippen molar-refractivity contribution in [3.63, 3.8) is 0 Å². The van der Waals surface area contributed by atoms with Gasteiger partial charge in [-0.1, -0.05) is 28.1 Å². The number of nitrogens with one attached hydrogen (secondary N) is 1. The molecule has 0 aliphatic heterocycles. The summed E-state index contributed by atoms with van der Waals surface area (Å²) >= 11 is 3.32. The standard InChI is InChI=1S/C12H14BrNO3/c1-2-17-11(15)8-14-12(16)10-5-3-4-9(6-10)7-13/h3-6H,2,7-8H2,1H3,(H,14,16).